The molecule has 1 saturated carbocycles. The summed E-state index contributed by atoms with van der Waals surface area (Å²) >= 11 is 5.54. The van der Waals surface area contributed by atoms with Crippen molar-refractivity contribution < 1.29 is 19.1 Å². The van der Waals surface area contributed by atoms with Gasteiger partial charge in [0.25, 0.3) is 0 Å². The highest BCUT2D eigenvalue weighted by Gasteiger charge is 2.36. The van der Waals surface area contributed by atoms with Gasteiger partial charge in [-0.05, 0) is 90.3 Å². The van der Waals surface area contributed by atoms with Crippen LogP contribution in [0.15, 0.2) is 30.3 Å². The van der Waals surface area contributed by atoms with E-state index in [2.05, 4.69) is 42.8 Å². The fraction of sp³-hybridized carbons (Fsp3) is 0.735. The molecule has 3 saturated heterocycles. The number of morpholine rings is 1. The minimum absolute atomic E-state index is 0.203. The number of nitrogens with zero attached hydrogens (tertiary/aromatic N) is 3. The van der Waals surface area contributed by atoms with Gasteiger partial charge in [0.05, 0.1) is 19.1 Å². The van der Waals surface area contributed by atoms with Crippen LogP contribution in [0.4, 0.5) is 0 Å². The Morgan fingerprint density at radius 1 is 0.953 bits per heavy atom. The van der Waals surface area contributed by atoms with Crippen molar-refractivity contribution >= 4 is 29.8 Å². The number of halogens is 1. The van der Waals surface area contributed by atoms with Crippen molar-refractivity contribution in [3.8, 4) is 0 Å². The summed E-state index contributed by atoms with van der Waals surface area (Å²) in [5.74, 6) is 1.73. The number of likely N-dealkylation sites (tertiary alicyclic amines) is 2. The average Bonchev–Trinajstić information content (AvgIpc) is 3.73. The molecule has 3 amide bonds. The zero-order valence-corrected chi connectivity index (χ0v) is 28.1. The maximum atomic E-state index is 12.2. The van der Waals surface area contributed by atoms with E-state index in [1.54, 1.807) is 4.90 Å². The van der Waals surface area contributed by atoms with E-state index in [9.17, 15) is 14.4 Å². The minimum Gasteiger partial charge on any atom is -0.378 e. The Labute approximate surface area is 265 Å². The monoisotopic (exact) mass is 620 g/mol. The average molecular weight is 621 g/mol. The summed E-state index contributed by atoms with van der Waals surface area (Å²) in [6, 6.07) is 9.91. The molecule has 3 heterocycles. The Morgan fingerprint density at radius 3 is 2.00 bits per heavy atom. The molecule has 0 radical (unpaired) electrons. The number of ether oxygens (including phenoxy) is 1. The summed E-state index contributed by atoms with van der Waals surface area (Å²) in [5, 5.41) is 3.84. The lowest BCUT2D eigenvalue weighted by Gasteiger charge is -2.31. The van der Waals surface area contributed by atoms with Crippen LogP contribution in [-0.4, -0.2) is 97.0 Å². The summed E-state index contributed by atoms with van der Waals surface area (Å²) in [5.41, 5.74) is 0.208. The molecule has 244 valence electrons. The van der Waals surface area contributed by atoms with E-state index in [4.69, 9.17) is 16.3 Å². The van der Waals surface area contributed by atoms with Gasteiger partial charge < -0.3 is 19.9 Å². The third kappa shape index (κ3) is 14.9. The third-order valence-corrected chi connectivity index (χ3v) is 8.79. The molecule has 0 bridgehead atoms. The lowest BCUT2D eigenvalue weighted by molar-refractivity contribution is -0.134. The first kappa shape index (κ1) is 37.0. The van der Waals surface area contributed by atoms with Crippen LogP contribution in [-0.2, 0) is 19.1 Å². The van der Waals surface area contributed by atoms with Gasteiger partial charge in [-0.2, -0.15) is 0 Å². The molecule has 1 aromatic rings. The number of benzene rings is 1. The fourth-order valence-electron chi connectivity index (χ4n) is 5.60. The van der Waals surface area contributed by atoms with Gasteiger partial charge in [-0.15, -0.1) is 0 Å². The quantitative estimate of drug-likeness (QED) is 0.441. The van der Waals surface area contributed by atoms with Crippen LogP contribution in [0.25, 0.3) is 0 Å². The molecule has 5 rings (SSSR count). The van der Waals surface area contributed by atoms with E-state index in [0.29, 0.717) is 31.6 Å². The number of nitrogens with one attached hydrogen (secondary N) is 1. The molecule has 1 aromatic carbocycles. The van der Waals surface area contributed by atoms with E-state index in [1.807, 2.05) is 37.3 Å². The van der Waals surface area contributed by atoms with Crippen LogP contribution in [0.3, 0.4) is 0 Å². The van der Waals surface area contributed by atoms with Gasteiger partial charge in [-0.25, -0.2) is 0 Å². The van der Waals surface area contributed by atoms with E-state index in [1.165, 1.54) is 38.5 Å². The third-order valence-electron chi connectivity index (χ3n) is 8.53. The Balaban J connectivity index is 0.000000211. The molecule has 1 atom stereocenters. The Kier molecular flexibility index (Phi) is 17.2. The standard InChI is InChI=1S/C13H24N2O.C10H19NO.C6H5Cl.C5H9NO2/c1-13(2,3)15-9-6-11(10-15)12(16)14-7-4-5-8-14;1-3-10(12)11-9-6-4-8(2)5-7-9;7-6-4-2-1-3-5-6;7-5-6-1-3-8-4-2-6/h11H,4-10H2,1-3H3;8-9H,3-7H2,1-2H3,(H,11,12);1-5H;5H,1-4H2/t11-;;;/m0.../s1. The summed E-state index contributed by atoms with van der Waals surface area (Å²) in [7, 11) is 0. The normalized spacial score (nSPS) is 23.9. The summed E-state index contributed by atoms with van der Waals surface area (Å²) in [4.78, 5) is 39.5. The second kappa shape index (κ2) is 20.0. The SMILES string of the molecule is CC(C)(C)N1CC[C@H](C(=O)N2CCCC2)C1.CCC(=O)NC1CCC(C)CC1.Clc1ccccc1.O=CN1CCOCC1. The van der Waals surface area contributed by atoms with Gasteiger partial charge in [0, 0.05) is 55.7 Å². The zero-order valence-electron chi connectivity index (χ0n) is 27.4. The molecule has 0 spiro atoms. The molecule has 0 unspecified atom stereocenters. The van der Waals surface area contributed by atoms with Crippen LogP contribution in [0.5, 0.6) is 0 Å². The van der Waals surface area contributed by atoms with Crippen molar-refractivity contribution in [1.82, 2.24) is 20.0 Å². The van der Waals surface area contributed by atoms with Gasteiger partial charge >= 0.3 is 0 Å². The second-order valence-corrected chi connectivity index (χ2v) is 13.5. The first-order valence-corrected chi connectivity index (χ1v) is 16.7. The predicted octanol–water partition coefficient (Wildman–Crippen LogP) is 5.64. The summed E-state index contributed by atoms with van der Waals surface area (Å²) in [6.45, 7) is 17.8. The fourth-order valence-corrected chi connectivity index (χ4v) is 5.74. The molecule has 3 aliphatic heterocycles. The molecule has 0 aromatic heterocycles. The van der Waals surface area contributed by atoms with Crippen molar-refractivity contribution in [2.75, 3.05) is 52.5 Å². The smallest absolute Gasteiger partial charge is 0.227 e. The first-order valence-electron chi connectivity index (χ1n) is 16.3. The maximum absolute atomic E-state index is 12.2. The van der Waals surface area contributed by atoms with Crippen molar-refractivity contribution in [2.24, 2.45) is 11.8 Å². The largest absolute Gasteiger partial charge is 0.378 e. The van der Waals surface area contributed by atoms with Crippen LogP contribution >= 0.6 is 11.6 Å². The van der Waals surface area contributed by atoms with Crippen LogP contribution < -0.4 is 5.32 Å². The highest BCUT2D eigenvalue weighted by molar-refractivity contribution is 6.30. The highest BCUT2D eigenvalue weighted by Crippen LogP contribution is 2.27. The van der Waals surface area contributed by atoms with Gasteiger partial charge in [0.2, 0.25) is 18.2 Å². The van der Waals surface area contributed by atoms with Crippen molar-refractivity contribution in [3.63, 3.8) is 0 Å². The summed E-state index contributed by atoms with van der Waals surface area (Å²) < 4.78 is 5.00. The Bertz CT molecular complexity index is 922. The number of hydrogen-bond donors (Lipinski definition) is 1. The van der Waals surface area contributed by atoms with Crippen molar-refractivity contribution in [2.45, 2.75) is 97.6 Å². The Hall–Kier alpha value is -2.16. The first-order chi connectivity index (χ1) is 20.5. The maximum Gasteiger partial charge on any atom is 0.227 e. The topological polar surface area (TPSA) is 82.2 Å². The molecule has 43 heavy (non-hydrogen) atoms. The van der Waals surface area contributed by atoms with E-state index >= 15 is 0 Å². The van der Waals surface area contributed by atoms with Gasteiger partial charge in [-0.3, -0.25) is 19.3 Å². The van der Waals surface area contributed by atoms with Gasteiger partial charge in [-0.1, -0.05) is 43.6 Å². The number of rotatable bonds is 4. The van der Waals surface area contributed by atoms with E-state index < -0.39 is 0 Å². The van der Waals surface area contributed by atoms with Crippen molar-refractivity contribution in [3.05, 3.63) is 35.4 Å². The second-order valence-electron chi connectivity index (χ2n) is 13.1. The van der Waals surface area contributed by atoms with E-state index in [-0.39, 0.29) is 17.4 Å². The van der Waals surface area contributed by atoms with Crippen LogP contribution in [0.1, 0.15) is 86.0 Å². The predicted molar refractivity (Wildman–Crippen MR) is 175 cm³/mol. The number of hydrogen-bond acceptors (Lipinski definition) is 5. The van der Waals surface area contributed by atoms with Crippen LogP contribution in [0.2, 0.25) is 5.02 Å². The molecular weight excluding hydrogens is 564 g/mol. The molecule has 4 aliphatic rings. The molecule has 8 nitrogen and oxygen atoms in total. The van der Waals surface area contributed by atoms with Crippen molar-refractivity contribution in [1.29, 1.82) is 0 Å². The zero-order chi connectivity index (χ0) is 31.7. The number of carbonyl (C=O) groups is 3. The van der Waals surface area contributed by atoms with Gasteiger partial charge in [0.15, 0.2) is 0 Å². The summed E-state index contributed by atoms with van der Waals surface area (Å²) in [6.07, 6.45) is 9.81. The molecular formula is C34H57ClN4O4. The lowest BCUT2D eigenvalue weighted by Crippen LogP contribution is -2.41. The lowest BCUT2D eigenvalue weighted by atomic mass is 9.87. The Morgan fingerprint density at radius 2 is 1.56 bits per heavy atom. The molecule has 9 heteroatoms. The molecule has 1 aliphatic carbocycles. The molecule has 4 fully saturated rings. The minimum atomic E-state index is 0.203. The van der Waals surface area contributed by atoms with Crippen LogP contribution in [0, 0.1) is 11.8 Å². The highest BCUT2D eigenvalue weighted by atomic mass is 35.5. The van der Waals surface area contributed by atoms with E-state index in [0.717, 1.165) is 63.0 Å². The number of carbonyl (C=O) groups excluding carboxylic acids is 3. The molecule has 1 N–H and O–H groups in total. The number of amides is 3. The van der Waals surface area contributed by atoms with Gasteiger partial charge in [0.1, 0.15) is 0 Å².